The Balaban J connectivity index is 1.74. The van der Waals surface area contributed by atoms with E-state index in [0.717, 1.165) is 31.5 Å². The molecule has 0 amide bonds. The van der Waals surface area contributed by atoms with E-state index in [9.17, 15) is 5.11 Å². The molecule has 0 radical (unpaired) electrons. The second-order valence-electron chi connectivity index (χ2n) is 6.08. The van der Waals surface area contributed by atoms with Crippen molar-refractivity contribution in [1.82, 2.24) is 4.90 Å². The molecule has 0 unspecified atom stereocenters. The van der Waals surface area contributed by atoms with Crippen molar-refractivity contribution in [2.24, 2.45) is 0 Å². The summed E-state index contributed by atoms with van der Waals surface area (Å²) in [6.07, 6.45) is 4.29. The van der Waals surface area contributed by atoms with Gasteiger partial charge in [0.25, 0.3) is 0 Å². The van der Waals surface area contributed by atoms with Crippen LogP contribution in [0.1, 0.15) is 31.2 Å². The van der Waals surface area contributed by atoms with Gasteiger partial charge in [-0.25, -0.2) is 0 Å². The number of likely N-dealkylation sites (tertiary alicyclic amines) is 1. The van der Waals surface area contributed by atoms with Gasteiger partial charge in [0, 0.05) is 31.9 Å². The number of hydrogen-bond acceptors (Lipinski definition) is 3. The van der Waals surface area contributed by atoms with Crippen LogP contribution in [0.4, 0.5) is 5.69 Å². The van der Waals surface area contributed by atoms with Gasteiger partial charge in [-0.3, -0.25) is 0 Å². The van der Waals surface area contributed by atoms with Crippen molar-refractivity contribution in [1.29, 1.82) is 0 Å². The lowest BCUT2D eigenvalue weighted by molar-refractivity contribution is -0.0203. The van der Waals surface area contributed by atoms with Crippen LogP contribution in [-0.2, 0) is 5.60 Å². The summed E-state index contributed by atoms with van der Waals surface area (Å²) in [5, 5.41) is 10.8. The highest BCUT2D eigenvalue weighted by Gasteiger charge is 2.32. The first-order valence-corrected chi connectivity index (χ1v) is 7.44. The van der Waals surface area contributed by atoms with Crippen LogP contribution in [0.25, 0.3) is 0 Å². The van der Waals surface area contributed by atoms with Gasteiger partial charge in [0.15, 0.2) is 0 Å². The number of hydrogen-bond donors (Lipinski definition) is 1. The van der Waals surface area contributed by atoms with Crippen LogP contribution in [-0.4, -0.2) is 43.2 Å². The summed E-state index contributed by atoms with van der Waals surface area (Å²) in [6, 6.07) is 8.60. The summed E-state index contributed by atoms with van der Waals surface area (Å²) in [5.74, 6) is 0. The maximum Gasteiger partial charge on any atom is 0.0920 e. The lowest BCUT2D eigenvalue weighted by Crippen LogP contribution is -2.40. The lowest BCUT2D eigenvalue weighted by Gasteiger charge is -2.37. The highest BCUT2D eigenvalue weighted by Crippen LogP contribution is 2.33. The van der Waals surface area contributed by atoms with Gasteiger partial charge in [0.05, 0.1) is 5.60 Å². The summed E-state index contributed by atoms with van der Waals surface area (Å²) in [6.45, 7) is 4.30. The molecule has 0 saturated carbocycles. The molecule has 0 spiro atoms. The molecule has 0 bridgehead atoms. The van der Waals surface area contributed by atoms with Gasteiger partial charge in [0.2, 0.25) is 0 Å². The topological polar surface area (TPSA) is 26.7 Å². The first kappa shape index (κ1) is 12.9. The van der Waals surface area contributed by atoms with E-state index in [1.54, 1.807) is 0 Å². The first-order chi connectivity index (χ1) is 9.17. The van der Waals surface area contributed by atoms with E-state index in [2.05, 4.69) is 41.1 Å². The molecule has 3 nitrogen and oxygen atoms in total. The molecule has 19 heavy (non-hydrogen) atoms. The summed E-state index contributed by atoms with van der Waals surface area (Å²) in [5.41, 5.74) is 1.78. The van der Waals surface area contributed by atoms with Crippen molar-refractivity contribution in [3.05, 3.63) is 29.8 Å². The molecular weight excluding hydrogens is 236 g/mol. The molecule has 104 valence electrons. The van der Waals surface area contributed by atoms with Crippen molar-refractivity contribution in [3.8, 4) is 0 Å². The van der Waals surface area contributed by atoms with Crippen LogP contribution < -0.4 is 4.90 Å². The second kappa shape index (κ2) is 5.14. The van der Waals surface area contributed by atoms with Gasteiger partial charge in [-0.05, 0) is 50.4 Å². The number of benzene rings is 1. The lowest BCUT2D eigenvalue weighted by atomic mass is 9.84. The third kappa shape index (κ3) is 2.63. The van der Waals surface area contributed by atoms with Crippen LogP contribution >= 0.6 is 0 Å². The Bertz CT molecular complexity index is 415. The van der Waals surface area contributed by atoms with Crippen molar-refractivity contribution >= 4 is 5.69 Å². The average molecular weight is 260 g/mol. The SMILES string of the molecule is CN1CCC(O)(c2ccc(N3CCCC3)cc2)CC1. The summed E-state index contributed by atoms with van der Waals surface area (Å²) in [7, 11) is 2.12. The molecule has 2 saturated heterocycles. The molecule has 3 heteroatoms. The van der Waals surface area contributed by atoms with E-state index in [1.807, 2.05) is 0 Å². The minimum atomic E-state index is -0.615. The number of nitrogens with zero attached hydrogens (tertiary/aromatic N) is 2. The molecule has 1 aromatic rings. The van der Waals surface area contributed by atoms with Gasteiger partial charge in [-0.15, -0.1) is 0 Å². The smallest absolute Gasteiger partial charge is 0.0920 e. The molecule has 2 aliphatic heterocycles. The monoisotopic (exact) mass is 260 g/mol. The average Bonchev–Trinajstić information content (AvgIpc) is 2.97. The molecule has 2 heterocycles. The van der Waals surface area contributed by atoms with Gasteiger partial charge >= 0.3 is 0 Å². The maximum absolute atomic E-state index is 10.8. The quantitative estimate of drug-likeness (QED) is 0.883. The maximum atomic E-state index is 10.8. The minimum absolute atomic E-state index is 0.615. The largest absolute Gasteiger partial charge is 0.385 e. The zero-order valence-electron chi connectivity index (χ0n) is 11.8. The third-order valence-corrected chi connectivity index (χ3v) is 4.69. The second-order valence-corrected chi connectivity index (χ2v) is 6.08. The fourth-order valence-corrected chi connectivity index (χ4v) is 3.23. The molecule has 0 aliphatic carbocycles. The normalized spacial score (nSPS) is 23.8. The van der Waals surface area contributed by atoms with Gasteiger partial charge in [0.1, 0.15) is 0 Å². The van der Waals surface area contributed by atoms with Crippen LogP contribution in [0.15, 0.2) is 24.3 Å². The van der Waals surface area contributed by atoms with Gasteiger partial charge in [-0.2, -0.15) is 0 Å². The molecule has 2 aliphatic rings. The predicted octanol–water partition coefficient (Wildman–Crippen LogP) is 2.20. The molecule has 1 aromatic carbocycles. The Kier molecular flexibility index (Phi) is 3.50. The van der Waals surface area contributed by atoms with E-state index in [0.29, 0.717) is 0 Å². The van der Waals surface area contributed by atoms with Crippen LogP contribution in [0.3, 0.4) is 0 Å². The number of rotatable bonds is 2. The Morgan fingerprint density at radius 2 is 1.53 bits per heavy atom. The van der Waals surface area contributed by atoms with E-state index >= 15 is 0 Å². The molecule has 0 atom stereocenters. The van der Waals surface area contributed by atoms with Crippen molar-refractivity contribution in [2.75, 3.05) is 38.1 Å². The van der Waals surface area contributed by atoms with Crippen LogP contribution in [0.2, 0.25) is 0 Å². The van der Waals surface area contributed by atoms with Crippen LogP contribution in [0.5, 0.6) is 0 Å². The zero-order valence-corrected chi connectivity index (χ0v) is 11.8. The summed E-state index contributed by atoms with van der Waals surface area (Å²) >= 11 is 0. The van der Waals surface area contributed by atoms with Crippen molar-refractivity contribution in [2.45, 2.75) is 31.3 Å². The van der Waals surface area contributed by atoms with Crippen LogP contribution in [0, 0.1) is 0 Å². The van der Waals surface area contributed by atoms with Crippen molar-refractivity contribution in [3.63, 3.8) is 0 Å². The number of piperidine rings is 1. The summed E-state index contributed by atoms with van der Waals surface area (Å²) in [4.78, 5) is 4.72. The van der Waals surface area contributed by atoms with Crippen molar-refractivity contribution < 1.29 is 5.11 Å². The van der Waals surface area contributed by atoms with E-state index in [4.69, 9.17) is 0 Å². The Labute approximate surface area is 115 Å². The number of anilines is 1. The molecule has 1 N–H and O–H groups in total. The minimum Gasteiger partial charge on any atom is -0.385 e. The number of aliphatic hydroxyl groups is 1. The van der Waals surface area contributed by atoms with Gasteiger partial charge in [-0.1, -0.05) is 12.1 Å². The van der Waals surface area contributed by atoms with Gasteiger partial charge < -0.3 is 14.9 Å². The predicted molar refractivity (Wildman–Crippen MR) is 78.5 cm³/mol. The highest BCUT2D eigenvalue weighted by molar-refractivity contribution is 5.49. The zero-order chi connectivity index (χ0) is 13.3. The third-order valence-electron chi connectivity index (χ3n) is 4.69. The Hall–Kier alpha value is -1.06. The highest BCUT2D eigenvalue weighted by atomic mass is 16.3. The summed E-state index contributed by atoms with van der Waals surface area (Å²) < 4.78 is 0. The fourth-order valence-electron chi connectivity index (χ4n) is 3.23. The van der Waals surface area contributed by atoms with E-state index < -0.39 is 5.60 Å². The Morgan fingerprint density at radius 3 is 2.11 bits per heavy atom. The standard InChI is InChI=1S/C16H24N2O/c1-17-12-8-16(19,9-13-17)14-4-6-15(7-5-14)18-10-2-3-11-18/h4-7,19H,2-3,8-13H2,1H3. The molecule has 2 fully saturated rings. The molecule has 3 rings (SSSR count). The van der Waals surface area contributed by atoms with E-state index in [-0.39, 0.29) is 0 Å². The van der Waals surface area contributed by atoms with E-state index in [1.165, 1.54) is 31.6 Å². The molecule has 0 aromatic heterocycles. The first-order valence-electron chi connectivity index (χ1n) is 7.44. The molecular formula is C16H24N2O. The fraction of sp³-hybridized carbons (Fsp3) is 0.625. The Morgan fingerprint density at radius 1 is 0.947 bits per heavy atom.